The largest absolute Gasteiger partial charge is 0.478 e. The predicted molar refractivity (Wildman–Crippen MR) is 99.0 cm³/mol. The molecular weight excluding hydrogens is 346 g/mol. The summed E-state index contributed by atoms with van der Waals surface area (Å²) >= 11 is 0. The Bertz CT molecular complexity index is 963. The van der Waals surface area contributed by atoms with Gasteiger partial charge < -0.3 is 14.9 Å². The number of hydrogen-bond acceptors (Lipinski definition) is 5. The second-order valence-corrected chi connectivity index (χ2v) is 6.93. The zero-order chi connectivity index (χ0) is 19.0. The quantitative estimate of drug-likeness (QED) is 0.695. The maximum Gasteiger partial charge on any atom is 0.335 e. The summed E-state index contributed by atoms with van der Waals surface area (Å²) in [6.45, 7) is 1.88. The number of carboxylic acids is 1. The molecule has 7 heteroatoms. The highest BCUT2D eigenvalue weighted by atomic mass is 16.5. The number of pyridine rings is 1. The number of aromatic nitrogens is 3. The average molecular weight is 367 g/mol. The molecule has 2 N–H and O–H groups in total. The van der Waals surface area contributed by atoms with Crippen molar-refractivity contribution < 1.29 is 19.7 Å². The number of aromatic carboxylic acids is 1. The molecule has 0 unspecified atom stereocenters. The number of nitrogens with zero attached hydrogens (tertiary/aromatic N) is 3. The first-order chi connectivity index (χ1) is 13.0. The second-order valence-electron chi connectivity index (χ2n) is 6.93. The molecule has 4 rings (SSSR count). The SMILES string of the molecule is C[C@H](OC1CCC1)[C@H](O)c1cnc2c(cnn2-c2ccc(C(=O)O)cc2)c1. The van der Waals surface area contributed by atoms with Crippen molar-refractivity contribution in [1.29, 1.82) is 0 Å². The van der Waals surface area contributed by atoms with Gasteiger partial charge in [0.2, 0.25) is 0 Å². The maximum atomic E-state index is 11.0. The molecule has 0 amide bonds. The summed E-state index contributed by atoms with van der Waals surface area (Å²) in [7, 11) is 0. The van der Waals surface area contributed by atoms with Gasteiger partial charge in [0.15, 0.2) is 5.65 Å². The van der Waals surface area contributed by atoms with Crippen LogP contribution in [0.2, 0.25) is 0 Å². The minimum Gasteiger partial charge on any atom is -0.478 e. The Labute approximate surface area is 156 Å². The Morgan fingerprint density at radius 1 is 1.26 bits per heavy atom. The highest BCUT2D eigenvalue weighted by molar-refractivity contribution is 5.87. The Balaban J connectivity index is 1.58. The molecule has 7 nitrogen and oxygen atoms in total. The van der Waals surface area contributed by atoms with Gasteiger partial charge in [0, 0.05) is 17.1 Å². The zero-order valence-corrected chi connectivity index (χ0v) is 14.9. The maximum absolute atomic E-state index is 11.0. The van der Waals surface area contributed by atoms with E-state index >= 15 is 0 Å². The molecule has 0 spiro atoms. The molecule has 1 aliphatic carbocycles. The Morgan fingerprint density at radius 3 is 2.63 bits per heavy atom. The summed E-state index contributed by atoms with van der Waals surface area (Å²) in [5.74, 6) is -0.970. The summed E-state index contributed by atoms with van der Waals surface area (Å²) in [4.78, 5) is 15.4. The first-order valence-electron chi connectivity index (χ1n) is 9.04. The van der Waals surface area contributed by atoms with Crippen LogP contribution >= 0.6 is 0 Å². The lowest BCUT2D eigenvalue weighted by Crippen LogP contribution is -2.30. The van der Waals surface area contributed by atoms with Crippen LogP contribution < -0.4 is 0 Å². The van der Waals surface area contributed by atoms with Crippen LogP contribution in [0.4, 0.5) is 0 Å². The van der Waals surface area contributed by atoms with Crippen molar-refractivity contribution in [1.82, 2.24) is 14.8 Å². The van der Waals surface area contributed by atoms with Crippen molar-refractivity contribution in [2.24, 2.45) is 0 Å². The van der Waals surface area contributed by atoms with E-state index in [0.717, 1.165) is 23.9 Å². The van der Waals surface area contributed by atoms with E-state index in [4.69, 9.17) is 9.84 Å². The molecule has 2 aromatic heterocycles. The lowest BCUT2D eigenvalue weighted by Gasteiger charge is -2.31. The van der Waals surface area contributed by atoms with E-state index in [2.05, 4.69) is 10.1 Å². The van der Waals surface area contributed by atoms with Gasteiger partial charge in [0.05, 0.1) is 29.7 Å². The fourth-order valence-electron chi connectivity index (χ4n) is 3.19. The van der Waals surface area contributed by atoms with Gasteiger partial charge in [-0.1, -0.05) is 0 Å². The van der Waals surface area contributed by atoms with Gasteiger partial charge in [-0.2, -0.15) is 5.10 Å². The molecule has 2 atom stereocenters. The van der Waals surface area contributed by atoms with Gasteiger partial charge in [0.1, 0.15) is 6.10 Å². The van der Waals surface area contributed by atoms with Crippen molar-refractivity contribution in [3.8, 4) is 5.69 Å². The number of ether oxygens (including phenoxy) is 1. The monoisotopic (exact) mass is 367 g/mol. The number of carboxylic acid groups (broad SMARTS) is 1. The van der Waals surface area contributed by atoms with Gasteiger partial charge >= 0.3 is 5.97 Å². The summed E-state index contributed by atoms with van der Waals surface area (Å²) in [6.07, 6.45) is 5.83. The summed E-state index contributed by atoms with van der Waals surface area (Å²) in [5, 5.41) is 24.7. The number of carbonyl (C=O) groups is 1. The summed E-state index contributed by atoms with van der Waals surface area (Å²) in [5.41, 5.74) is 2.27. The molecule has 1 aliphatic rings. The Hall–Kier alpha value is -2.77. The molecule has 140 valence electrons. The smallest absolute Gasteiger partial charge is 0.335 e. The van der Waals surface area contributed by atoms with Crippen molar-refractivity contribution in [2.45, 2.75) is 44.5 Å². The molecule has 3 aromatic rings. The fraction of sp³-hybridized carbons (Fsp3) is 0.350. The van der Waals surface area contributed by atoms with E-state index in [1.807, 2.05) is 13.0 Å². The third-order valence-electron chi connectivity index (χ3n) is 5.03. The number of aliphatic hydroxyl groups is 1. The predicted octanol–water partition coefficient (Wildman–Crippen LogP) is 3.11. The van der Waals surface area contributed by atoms with Gasteiger partial charge in [-0.15, -0.1) is 0 Å². The highest BCUT2D eigenvalue weighted by Crippen LogP contribution is 2.28. The van der Waals surface area contributed by atoms with Crippen LogP contribution in [0.3, 0.4) is 0 Å². The molecule has 0 radical (unpaired) electrons. The number of aliphatic hydroxyl groups excluding tert-OH is 1. The molecule has 27 heavy (non-hydrogen) atoms. The van der Waals surface area contributed by atoms with Gasteiger partial charge in [0.25, 0.3) is 0 Å². The third kappa shape index (κ3) is 3.43. The lowest BCUT2D eigenvalue weighted by molar-refractivity contribution is -0.0944. The summed E-state index contributed by atoms with van der Waals surface area (Å²) < 4.78 is 7.52. The van der Waals surface area contributed by atoms with Gasteiger partial charge in [-0.25, -0.2) is 14.5 Å². The van der Waals surface area contributed by atoms with Crippen LogP contribution in [0.15, 0.2) is 42.7 Å². The minimum absolute atomic E-state index is 0.217. The average Bonchev–Trinajstić information content (AvgIpc) is 3.07. The highest BCUT2D eigenvalue weighted by Gasteiger charge is 2.25. The number of rotatable bonds is 6. The van der Waals surface area contributed by atoms with Crippen molar-refractivity contribution in [3.05, 3.63) is 53.9 Å². The lowest BCUT2D eigenvalue weighted by atomic mass is 9.95. The summed E-state index contributed by atoms with van der Waals surface area (Å²) in [6, 6.07) is 8.30. The van der Waals surface area contributed by atoms with E-state index < -0.39 is 12.1 Å². The fourth-order valence-corrected chi connectivity index (χ4v) is 3.19. The van der Waals surface area contributed by atoms with Crippen LogP contribution in [0.5, 0.6) is 0 Å². The molecular formula is C20H21N3O4. The van der Waals surface area contributed by atoms with Crippen LogP contribution in [0.1, 0.15) is 48.2 Å². The van der Waals surface area contributed by atoms with Crippen LogP contribution in [-0.4, -0.2) is 43.2 Å². The first kappa shape index (κ1) is 17.6. The van der Waals surface area contributed by atoms with Gasteiger partial charge in [-0.05, 0) is 56.5 Å². The van der Waals surface area contributed by atoms with E-state index in [0.29, 0.717) is 11.2 Å². The van der Waals surface area contributed by atoms with E-state index in [1.165, 1.54) is 18.6 Å². The standard InChI is InChI=1S/C20H21N3O4/c1-12(27-17-3-2-4-17)18(24)14-9-15-11-22-23(19(15)21-10-14)16-7-5-13(6-8-16)20(25)26/h5-12,17-18,24H,2-4H2,1H3,(H,25,26)/t12-,18-/m0/s1. The second kappa shape index (κ2) is 7.09. The van der Waals surface area contributed by atoms with Gasteiger partial charge in [-0.3, -0.25) is 0 Å². The third-order valence-corrected chi connectivity index (χ3v) is 5.03. The molecule has 2 heterocycles. The first-order valence-corrected chi connectivity index (χ1v) is 9.04. The Kier molecular flexibility index (Phi) is 4.63. The zero-order valence-electron chi connectivity index (χ0n) is 14.9. The van der Waals surface area contributed by atoms with Crippen LogP contribution in [-0.2, 0) is 4.74 Å². The Morgan fingerprint density at radius 2 is 2.00 bits per heavy atom. The van der Waals surface area contributed by atoms with Crippen molar-refractivity contribution >= 4 is 17.0 Å². The molecule has 0 bridgehead atoms. The molecule has 0 saturated heterocycles. The number of benzene rings is 1. The van der Waals surface area contributed by atoms with E-state index in [1.54, 1.807) is 29.2 Å². The topological polar surface area (TPSA) is 97.5 Å². The molecule has 0 aliphatic heterocycles. The van der Waals surface area contributed by atoms with Crippen LogP contribution in [0, 0.1) is 0 Å². The molecule has 1 aromatic carbocycles. The van der Waals surface area contributed by atoms with E-state index in [9.17, 15) is 9.90 Å². The number of hydrogen-bond donors (Lipinski definition) is 2. The molecule has 1 saturated carbocycles. The molecule has 1 fully saturated rings. The number of fused-ring (bicyclic) bond motifs is 1. The van der Waals surface area contributed by atoms with Crippen LogP contribution in [0.25, 0.3) is 16.7 Å². The minimum atomic E-state index is -0.970. The van der Waals surface area contributed by atoms with Crippen molar-refractivity contribution in [2.75, 3.05) is 0 Å². The normalized spacial score (nSPS) is 16.8. The van der Waals surface area contributed by atoms with Crippen molar-refractivity contribution in [3.63, 3.8) is 0 Å². The van der Waals surface area contributed by atoms with E-state index in [-0.39, 0.29) is 17.8 Å².